The largest absolute Gasteiger partial charge is 0.337 e. The first-order valence-corrected chi connectivity index (χ1v) is 11.9. The van der Waals surface area contributed by atoms with Gasteiger partial charge >= 0.3 is 0 Å². The molecule has 0 aliphatic carbocycles. The molecule has 1 amide bonds. The molecular weight excluding hydrogens is 459 g/mol. The second kappa shape index (κ2) is 10.1. The average Bonchev–Trinajstić information content (AvgIpc) is 3.20. The highest BCUT2D eigenvalue weighted by Gasteiger charge is 2.21. The molecule has 0 N–H and O–H groups in total. The van der Waals surface area contributed by atoms with E-state index in [0.717, 1.165) is 16.1 Å². The lowest BCUT2D eigenvalue weighted by atomic mass is 10.2. The third kappa shape index (κ3) is 6.04. The molecule has 0 radical (unpaired) electrons. The summed E-state index contributed by atoms with van der Waals surface area (Å²) < 4.78 is 44.4. The second-order valence-electron chi connectivity index (χ2n) is 7.16. The standard InChI is InChI=1S/C21H22ClFN4O4S/c1-26(14-19-24-21(25-31-19)15-9-11-16(22)12-10-15)20(28)8-5-13-27(32(2,29)30)18-7-4-3-6-17(18)23/h3-4,6-7,9-12H,5,8,13-14H2,1-2H3. The van der Waals surface area contributed by atoms with Crippen LogP contribution in [0.25, 0.3) is 11.4 Å². The van der Waals surface area contributed by atoms with Crippen molar-refractivity contribution in [3.63, 3.8) is 0 Å². The van der Waals surface area contributed by atoms with Crippen molar-refractivity contribution in [3.8, 4) is 11.4 Å². The zero-order chi connectivity index (χ0) is 23.3. The maximum Gasteiger partial charge on any atom is 0.246 e. The lowest BCUT2D eigenvalue weighted by molar-refractivity contribution is -0.130. The van der Waals surface area contributed by atoms with Crippen LogP contribution in [-0.4, -0.2) is 49.2 Å². The van der Waals surface area contributed by atoms with Gasteiger partial charge in [0.25, 0.3) is 0 Å². The number of benzene rings is 2. The summed E-state index contributed by atoms with van der Waals surface area (Å²) in [5, 5.41) is 4.50. The summed E-state index contributed by atoms with van der Waals surface area (Å²) in [6.45, 7) is 0.0726. The number of sulfonamides is 1. The molecule has 0 bridgehead atoms. The summed E-state index contributed by atoms with van der Waals surface area (Å²) in [6.07, 6.45) is 1.28. The minimum absolute atomic E-state index is 0.0272. The maximum absolute atomic E-state index is 14.1. The molecular formula is C21H22ClFN4O4S. The van der Waals surface area contributed by atoms with E-state index in [1.54, 1.807) is 37.4 Å². The van der Waals surface area contributed by atoms with E-state index in [4.69, 9.17) is 16.1 Å². The number of anilines is 1. The van der Waals surface area contributed by atoms with Crippen LogP contribution in [0.15, 0.2) is 53.1 Å². The fourth-order valence-corrected chi connectivity index (χ4v) is 4.10. The van der Waals surface area contributed by atoms with Gasteiger partial charge in [0, 0.05) is 30.6 Å². The molecule has 0 spiro atoms. The van der Waals surface area contributed by atoms with Crippen molar-refractivity contribution in [2.75, 3.05) is 24.2 Å². The predicted octanol–water partition coefficient (Wildman–Crippen LogP) is 3.73. The van der Waals surface area contributed by atoms with Gasteiger partial charge < -0.3 is 9.42 Å². The van der Waals surface area contributed by atoms with Gasteiger partial charge in [-0.3, -0.25) is 9.10 Å². The van der Waals surface area contributed by atoms with E-state index in [9.17, 15) is 17.6 Å². The zero-order valence-electron chi connectivity index (χ0n) is 17.5. The number of carbonyl (C=O) groups excluding carboxylic acids is 1. The van der Waals surface area contributed by atoms with Crippen LogP contribution in [-0.2, 0) is 21.4 Å². The molecule has 2 aromatic carbocycles. The Hall–Kier alpha value is -2.98. The van der Waals surface area contributed by atoms with Crippen molar-refractivity contribution in [2.24, 2.45) is 0 Å². The minimum atomic E-state index is -3.71. The Morgan fingerprint density at radius 2 is 1.84 bits per heavy atom. The fraction of sp³-hybridized carbons (Fsp3) is 0.286. The molecule has 3 rings (SSSR count). The Balaban J connectivity index is 1.56. The van der Waals surface area contributed by atoms with Gasteiger partial charge in [0.05, 0.1) is 18.5 Å². The lowest BCUT2D eigenvalue weighted by Crippen LogP contribution is -2.33. The van der Waals surface area contributed by atoms with Crippen molar-refractivity contribution >= 4 is 33.2 Å². The number of carbonyl (C=O) groups is 1. The van der Waals surface area contributed by atoms with Crippen molar-refractivity contribution in [3.05, 3.63) is 65.3 Å². The monoisotopic (exact) mass is 480 g/mol. The minimum Gasteiger partial charge on any atom is -0.337 e. The molecule has 0 aliphatic heterocycles. The quantitative estimate of drug-likeness (QED) is 0.463. The van der Waals surface area contributed by atoms with Crippen molar-refractivity contribution < 1.29 is 22.1 Å². The van der Waals surface area contributed by atoms with E-state index in [0.29, 0.717) is 10.8 Å². The van der Waals surface area contributed by atoms with Crippen LogP contribution in [0.3, 0.4) is 0 Å². The first kappa shape index (κ1) is 23.7. The molecule has 3 aromatic rings. The highest BCUT2D eigenvalue weighted by atomic mass is 35.5. The molecule has 170 valence electrons. The van der Waals surface area contributed by atoms with Gasteiger partial charge in [0.2, 0.25) is 27.6 Å². The molecule has 1 heterocycles. The SMILES string of the molecule is CN(Cc1nc(-c2ccc(Cl)cc2)no1)C(=O)CCCN(c1ccccc1F)S(C)(=O)=O. The fourth-order valence-electron chi connectivity index (χ4n) is 3.01. The third-order valence-corrected chi connectivity index (χ3v) is 6.07. The van der Waals surface area contributed by atoms with Crippen LogP contribution < -0.4 is 4.31 Å². The molecule has 8 nitrogen and oxygen atoms in total. The lowest BCUT2D eigenvalue weighted by Gasteiger charge is -2.23. The third-order valence-electron chi connectivity index (χ3n) is 4.64. The Morgan fingerprint density at radius 3 is 2.50 bits per heavy atom. The van der Waals surface area contributed by atoms with Crippen LogP contribution in [0.2, 0.25) is 5.02 Å². The molecule has 0 unspecified atom stereocenters. The van der Waals surface area contributed by atoms with E-state index >= 15 is 0 Å². The number of aromatic nitrogens is 2. The molecule has 1 aromatic heterocycles. The number of amides is 1. The van der Waals surface area contributed by atoms with E-state index < -0.39 is 15.8 Å². The summed E-state index contributed by atoms with van der Waals surface area (Å²) in [7, 11) is -2.12. The normalized spacial score (nSPS) is 11.4. The Kier molecular flexibility index (Phi) is 7.47. The van der Waals surface area contributed by atoms with E-state index in [1.165, 1.54) is 23.1 Å². The first-order chi connectivity index (χ1) is 15.1. The molecule has 0 aliphatic rings. The van der Waals surface area contributed by atoms with Gasteiger partial charge in [-0.1, -0.05) is 28.9 Å². The Bertz CT molecular complexity index is 1180. The zero-order valence-corrected chi connectivity index (χ0v) is 19.1. The van der Waals surface area contributed by atoms with Gasteiger partial charge in [-0.25, -0.2) is 12.8 Å². The van der Waals surface area contributed by atoms with Crippen molar-refractivity contribution in [1.29, 1.82) is 0 Å². The predicted molar refractivity (Wildman–Crippen MR) is 119 cm³/mol. The van der Waals surface area contributed by atoms with Crippen LogP contribution >= 0.6 is 11.6 Å². The topological polar surface area (TPSA) is 96.6 Å². The molecule has 0 atom stereocenters. The van der Waals surface area contributed by atoms with Crippen LogP contribution in [0.5, 0.6) is 0 Å². The number of hydrogen-bond acceptors (Lipinski definition) is 6. The summed E-state index contributed by atoms with van der Waals surface area (Å²) in [5.74, 6) is -0.242. The number of nitrogens with zero attached hydrogens (tertiary/aromatic N) is 4. The van der Waals surface area contributed by atoms with Gasteiger partial charge in [0.15, 0.2) is 0 Å². The number of rotatable bonds is 9. The van der Waals surface area contributed by atoms with Gasteiger partial charge in [-0.05, 0) is 42.8 Å². The summed E-state index contributed by atoms with van der Waals surface area (Å²) in [6, 6.07) is 12.6. The Labute approximate surface area is 190 Å². The van der Waals surface area contributed by atoms with E-state index in [2.05, 4.69) is 10.1 Å². The Morgan fingerprint density at radius 1 is 1.16 bits per heavy atom. The summed E-state index contributed by atoms with van der Waals surface area (Å²) in [5.41, 5.74) is 0.684. The molecule has 0 saturated carbocycles. The second-order valence-corrected chi connectivity index (χ2v) is 9.50. The smallest absolute Gasteiger partial charge is 0.246 e. The first-order valence-electron chi connectivity index (χ1n) is 9.70. The van der Waals surface area contributed by atoms with E-state index in [1.807, 2.05) is 0 Å². The molecule has 32 heavy (non-hydrogen) atoms. The van der Waals surface area contributed by atoms with Gasteiger partial charge in [-0.2, -0.15) is 4.98 Å². The van der Waals surface area contributed by atoms with E-state index in [-0.39, 0.29) is 43.4 Å². The molecule has 0 fully saturated rings. The molecule has 11 heteroatoms. The number of hydrogen-bond donors (Lipinski definition) is 0. The summed E-state index contributed by atoms with van der Waals surface area (Å²) in [4.78, 5) is 18.2. The summed E-state index contributed by atoms with van der Waals surface area (Å²) >= 11 is 5.87. The highest BCUT2D eigenvalue weighted by molar-refractivity contribution is 7.92. The van der Waals surface area contributed by atoms with Crippen LogP contribution in [0, 0.1) is 5.82 Å². The number of para-hydroxylation sites is 1. The van der Waals surface area contributed by atoms with Crippen LogP contribution in [0.4, 0.5) is 10.1 Å². The van der Waals surface area contributed by atoms with Crippen molar-refractivity contribution in [2.45, 2.75) is 19.4 Å². The maximum atomic E-state index is 14.1. The molecule has 0 saturated heterocycles. The van der Waals surface area contributed by atoms with Crippen molar-refractivity contribution in [1.82, 2.24) is 15.0 Å². The van der Waals surface area contributed by atoms with Gasteiger partial charge in [-0.15, -0.1) is 0 Å². The highest BCUT2D eigenvalue weighted by Crippen LogP contribution is 2.22. The van der Waals surface area contributed by atoms with Crippen LogP contribution in [0.1, 0.15) is 18.7 Å². The van der Waals surface area contributed by atoms with Gasteiger partial charge in [0.1, 0.15) is 5.82 Å². The number of halogens is 2. The average molecular weight is 481 g/mol.